The van der Waals surface area contributed by atoms with E-state index < -0.39 is 11.7 Å². The molecule has 0 aliphatic heterocycles. The van der Waals surface area contributed by atoms with Crippen molar-refractivity contribution in [2.45, 2.75) is 38.3 Å². The van der Waals surface area contributed by atoms with Crippen LogP contribution >= 0.6 is 0 Å². The smallest absolute Gasteiger partial charge is 0.416 e. The molecule has 0 atom stereocenters. The first-order valence-electron chi connectivity index (χ1n) is 8.59. The van der Waals surface area contributed by atoms with Gasteiger partial charge in [0.15, 0.2) is 0 Å². The van der Waals surface area contributed by atoms with E-state index in [2.05, 4.69) is 0 Å². The van der Waals surface area contributed by atoms with E-state index in [0.717, 1.165) is 24.5 Å². The molecule has 134 valence electrons. The molecule has 2 nitrogen and oxygen atoms in total. The summed E-state index contributed by atoms with van der Waals surface area (Å²) >= 11 is 0. The number of benzene rings is 2. The van der Waals surface area contributed by atoms with Crippen LogP contribution in [-0.4, -0.2) is 6.61 Å². The highest BCUT2D eigenvalue weighted by molar-refractivity contribution is 5.36. The Labute approximate surface area is 145 Å². The van der Waals surface area contributed by atoms with Gasteiger partial charge in [0, 0.05) is 0 Å². The maximum Gasteiger partial charge on any atom is 0.416 e. The summed E-state index contributed by atoms with van der Waals surface area (Å²) in [6.45, 7) is 0.735. The van der Waals surface area contributed by atoms with E-state index in [1.54, 1.807) is 12.1 Å². The Morgan fingerprint density at radius 3 is 1.84 bits per heavy atom. The van der Waals surface area contributed by atoms with Crippen LogP contribution in [0.1, 0.15) is 37.7 Å². The third kappa shape index (κ3) is 5.15. The predicted octanol–water partition coefficient (Wildman–Crippen LogP) is 6.46. The molecule has 1 aliphatic carbocycles. The molecular formula is C20H21F3O2. The lowest BCUT2D eigenvalue weighted by atomic mass is 9.90. The van der Waals surface area contributed by atoms with Gasteiger partial charge in [-0.15, -0.1) is 0 Å². The van der Waals surface area contributed by atoms with Crippen molar-refractivity contribution in [1.82, 2.24) is 0 Å². The topological polar surface area (TPSA) is 18.5 Å². The second-order valence-corrected chi connectivity index (χ2v) is 6.41. The average molecular weight is 350 g/mol. The summed E-state index contributed by atoms with van der Waals surface area (Å²) in [5.41, 5.74) is -0.689. The molecule has 0 bridgehead atoms. The lowest BCUT2D eigenvalue weighted by Crippen LogP contribution is -2.15. The standard InChI is InChI=1S/C20H21F3O2/c21-20(22,23)16-6-8-18(9-7-16)25-19-12-10-17(11-13-19)24-14-15-4-2-1-3-5-15/h6-13,15H,1-5,14H2. The van der Waals surface area contributed by atoms with Crippen LogP contribution in [0, 0.1) is 5.92 Å². The zero-order chi connectivity index (χ0) is 17.7. The van der Waals surface area contributed by atoms with Crippen LogP contribution < -0.4 is 9.47 Å². The number of ether oxygens (including phenoxy) is 2. The molecule has 5 heteroatoms. The van der Waals surface area contributed by atoms with Gasteiger partial charge < -0.3 is 9.47 Å². The van der Waals surface area contributed by atoms with Crippen molar-refractivity contribution >= 4 is 0 Å². The van der Waals surface area contributed by atoms with Crippen molar-refractivity contribution in [3.63, 3.8) is 0 Å². The second-order valence-electron chi connectivity index (χ2n) is 6.41. The molecule has 2 aromatic carbocycles. The fraction of sp³-hybridized carbons (Fsp3) is 0.400. The Kier molecular flexibility index (Phi) is 5.51. The van der Waals surface area contributed by atoms with Crippen molar-refractivity contribution in [2.24, 2.45) is 5.92 Å². The zero-order valence-corrected chi connectivity index (χ0v) is 13.9. The molecule has 0 heterocycles. The molecule has 1 saturated carbocycles. The summed E-state index contributed by atoms with van der Waals surface area (Å²) in [6.07, 6.45) is 2.02. The lowest BCUT2D eigenvalue weighted by Gasteiger charge is -2.21. The fourth-order valence-electron chi connectivity index (χ4n) is 3.02. The first-order valence-corrected chi connectivity index (χ1v) is 8.59. The normalized spacial score (nSPS) is 15.8. The van der Waals surface area contributed by atoms with Crippen LogP contribution in [0.4, 0.5) is 13.2 Å². The molecule has 25 heavy (non-hydrogen) atoms. The third-order valence-electron chi connectivity index (χ3n) is 4.45. The maximum absolute atomic E-state index is 12.5. The first kappa shape index (κ1) is 17.6. The molecule has 0 aromatic heterocycles. The minimum atomic E-state index is -4.34. The van der Waals surface area contributed by atoms with Gasteiger partial charge in [-0.05, 0) is 67.3 Å². The van der Waals surface area contributed by atoms with Crippen LogP contribution in [0.25, 0.3) is 0 Å². The van der Waals surface area contributed by atoms with Crippen LogP contribution in [0.3, 0.4) is 0 Å². The Morgan fingerprint density at radius 2 is 1.28 bits per heavy atom. The highest BCUT2D eigenvalue weighted by Crippen LogP contribution is 2.32. The van der Waals surface area contributed by atoms with Gasteiger partial charge in [-0.3, -0.25) is 0 Å². The number of hydrogen-bond acceptors (Lipinski definition) is 2. The Balaban J connectivity index is 1.53. The van der Waals surface area contributed by atoms with Crippen molar-refractivity contribution in [2.75, 3.05) is 6.61 Å². The monoisotopic (exact) mass is 350 g/mol. The van der Waals surface area contributed by atoms with Gasteiger partial charge in [0.25, 0.3) is 0 Å². The molecule has 0 radical (unpaired) electrons. The van der Waals surface area contributed by atoms with Gasteiger partial charge >= 0.3 is 6.18 Å². The quantitative estimate of drug-likeness (QED) is 0.616. The van der Waals surface area contributed by atoms with Crippen molar-refractivity contribution in [1.29, 1.82) is 0 Å². The highest BCUT2D eigenvalue weighted by Gasteiger charge is 2.30. The molecule has 0 saturated heterocycles. The SMILES string of the molecule is FC(F)(F)c1ccc(Oc2ccc(OCC3CCCCC3)cc2)cc1. The van der Waals surface area contributed by atoms with Crippen molar-refractivity contribution < 1.29 is 22.6 Å². The minimum Gasteiger partial charge on any atom is -0.493 e. The van der Waals surface area contributed by atoms with Crippen molar-refractivity contribution in [3.05, 3.63) is 54.1 Å². The molecule has 1 aliphatic rings. The fourth-order valence-corrected chi connectivity index (χ4v) is 3.02. The Morgan fingerprint density at radius 1 is 0.760 bits per heavy atom. The van der Waals surface area contributed by atoms with Gasteiger partial charge in [0.2, 0.25) is 0 Å². The van der Waals surface area contributed by atoms with Crippen LogP contribution in [0.15, 0.2) is 48.5 Å². The minimum absolute atomic E-state index is 0.365. The van der Waals surface area contributed by atoms with Gasteiger partial charge in [-0.1, -0.05) is 19.3 Å². The number of rotatable bonds is 5. The van der Waals surface area contributed by atoms with E-state index in [1.165, 1.54) is 44.2 Å². The van der Waals surface area contributed by atoms with E-state index in [1.807, 2.05) is 12.1 Å². The van der Waals surface area contributed by atoms with E-state index in [9.17, 15) is 13.2 Å². The number of alkyl halides is 3. The Bertz CT molecular complexity index is 657. The number of hydrogen-bond donors (Lipinski definition) is 0. The van der Waals surface area contributed by atoms with E-state index in [4.69, 9.17) is 9.47 Å². The number of halogens is 3. The van der Waals surface area contributed by atoms with Gasteiger partial charge in [-0.2, -0.15) is 13.2 Å². The van der Waals surface area contributed by atoms with Gasteiger partial charge in [-0.25, -0.2) is 0 Å². The molecule has 0 amide bonds. The summed E-state index contributed by atoms with van der Waals surface area (Å²) in [4.78, 5) is 0. The van der Waals surface area contributed by atoms with Crippen LogP contribution in [0.5, 0.6) is 17.2 Å². The van der Waals surface area contributed by atoms with E-state index in [-0.39, 0.29) is 0 Å². The average Bonchev–Trinajstić information content (AvgIpc) is 2.62. The summed E-state index contributed by atoms with van der Waals surface area (Å²) in [7, 11) is 0. The summed E-state index contributed by atoms with van der Waals surface area (Å²) in [5.74, 6) is 2.34. The largest absolute Gasteiger partial charge is 0.493 e. The van der Waals surface area contributed by atoms with E-state index in [0.29, 0.717) is 17.4 Å². The molecule has 0 unspecified atom stereocenters. The molecule has 2 aromatic rings. The van der Waals surface area contributed by atoms with Crippen LogP contribution in [-0.2, 0) is 6.18 Å². The second kappa shape index (κ2) is 7.81. The summed E-state index contributed by atoms with van der Waals surface area (Å²) in [5, 5.41) is 0. The summed E-state index contributed by atoms with van der Waals surface area (Å²) < 4.78 is 49.0. The van der Waals surface area contributed by atoms with Crippen LogP contribution in [0.2, 0.25) is 0 Å². The first-order chi connectivity index (χ1) is 12.0. The molecule has 0 spiro atoms. The maximum atomic E-state index is 12.5. The van der Waals surface area contributed by atoms with E-state index >= 15 is 0 Å². The van der Waals surface area contributed by atoms with Gasteiger partial charge in [0.1, 0.15) is 17.2 Å². The lowest BCUT2D eigenvalue weighted by molar-refractivity contribution is -0.137. The molecule has 0 N–H and O–H groups in total. The molecular weight excluding hydrogens is 329 g/mol. The Hall–Kier alpha value is -2.17. The summed E-state index contributed by atoms with van der Waals surface area (Å²) in [6, 6.07) is 11.8. The third-order valence-corrected chi connectivity index (χ3v) is 4.45. The molecule has 1 fully saturated rings. The van der Waals surface area contributed by atoms with Crippen molar-refractivity contribution in [3.8, 4) is 17.2 Å². The zero-order valence-electron chi connectivity index (χ0n) is 13.9. The predicted molar refractivity (Wildman–Crippen MR) is 90.0 cm³/mol. The molecule has 3 rings (SSSR count). The highest BCUT2D eigenvalue weighted by atomic mass is 19.4. The van der Waals surface area contributed by atoms with Gasteiger partial charge in [0.05, 0.1) is 12.2 Å².